The predicted octanol–water partition coefficient (Wildman–Crippen LogP) is 2.34. The van der Waals surface area contributed by atoms with Crippen molar-refractivity contribution in [2.24, 2.45) is 0 Å². The number of aromatic amines is 1. The quantitative estimate of drug-likeness (QED) is 0.797. The Morgan fingerprint density at radius 3 is 2.66 bits per heavy atom. The smallest absolute Gasteiger partial charge is 0.293 e. The summed E-state index contributed by atoms with van der Waals surface area (Å²) in [5.74, 6) is 1.15. The van der Waals surface area contributed by atoms with Crippen LogP contribution < -0.4 is 9.88 Å². The number of nitriles is 1. The average molecular weight is 395 g/mol. The number of fused-ring (bicyclic) bond motifs is 1. The standard InChI is InChI=1S/C22H26N4O3/c1-4-18-17-14-29-22(2,3)12-15(17)16(13-23)20(24-18)25-7-9-26(10-8-25)21(27)19-6-5-11-28-19/h5-6,11H,4,7-10,12,14H2,1-3H3/p+1. The van der Waals surface area contributed by atoms with E-state index in [0.717, 1.165) is 35.5 Å². The second-order valence-electron chi connectivity index (χ2n) is 8.23. The molecule has 2 aromatic heterocycles. The Balaban J connectivity index is 1.61. The fourth-order valence-electron chi connectivity index (χ4n) is 4.22. The maximum atomic E-state index is 12.5. The molecule has 1 fully saturated rings. The number of aromatic nitrogens is 1. The van der Waals surface area contributed by atoms with Crippen molar-refractivity contribution in [1.82, 2.24) is 4.90 Å². The molecule has 4 heterocycles. The molecule has 1 N–H and O–H groups in total. The highest BCUT2D eigenvalue weighted by Crippen LogP contribution is 2.34. The lowest BCUT2D eigenvalue weighted by molar-refractivity contribution is -0.378. The molecule has 152 valence electrons. The van der Waals surface area contributed by atoms with E-state index in [9.17, 15) is 10.1 Å². The summed E-state index contributed by atoms with van der Waals surface area (Å²) in [4.78, 5) is 20.0. The van der Waals surface area contributed by atoms with E-state index < -0.39 is 0 Å². The van der Waals surface area contributed by atoms with Gasteiger partial charge in [-0.25, -0.2) is 4.98 Å². The number of amides is 1. The molecule has 0 saturated carbocycles. The van der Waals surface area contributed by atoms with E-state index in [1.807, 2.05) is 0 Å². The van der Waals surface area contributed by atoms with Crippen molar-refractivity contribution in [2.75, 3.05) is 31.1 Å². The lowest BCUT2D eigenvalue weighted by Gasteiger charge is -2.34. The van der Waals surface area contributed by atoms with Gasteiger partial charge in [0.05, 0.1) is 31.6 Å². The maximum absolute atomic E-state index is 12.5. The summed E-state index contributed by atoms with van der Waals surface area (Å²) in [7, 11) is 0. The van der Waals surface area contributed by atoms with Gasteiger partial charge in [0.25, 0.3) is 11.7 Å². The minimum atomic E-state index is -0.281. The first-order valence-corrected chi connectivity index (χ1v) is 10.1. The van der Waals surface area contributed by atoms with Crippen molar-refractivity contribution in [2.45, 2.75) is 45.8 Å². The molecule has 2 aliphatic rings. The normalized spacial score (nSPS) is 18.3. The summed E-state index contributed by atoms with van der Waals surface area (Å²) in [6, 6.07) is 5.86. The minimum Gasteiger partial charge on any atom is -0.459 e. The van der Waals surface area contributed by atoms with Gasteiger partial charge in [-0.2, -0.15) is 5.26 Å². The fourth-order valence-corrected chi connectivity index (χ4v) is 4.22. The van der Waals surface area contributed by atoms with Crippen molar-refractivity contribution in [3.05, 3.63) is 46.5 Å². The number of hydrogen-bond donors (Lipinski definition) is 0. The van der Waals surface area contributed by atoms with Crippen LogP contribution in [-0.4, -0.2) is 42.6 Å². The Morgan fingerprint density at radius 2 is 2.03 bits per heavy atom. The Hall–Kier alpha value is -2.85. The summed E-state index contributed by atoms with van der Waals surface area (Å²) in [6.45, 7) is 9.29. The molecule has 0 aromatic carbocycles. The van der Waals surface area contributed by atoms with Gasteiger partial charge < -0.3 is 14.1 Å². The topological polar surface area (TPSA) is 83.9 Å². The van der Waals surface area contributed by atoms with E-state index in [1.165, 1.54) is 6.26 Å². The molecule has 7 nitrogen and oxygen atoms in total. The van der Waals surface area contributed by atoms with Gasteiger partial charge in [0.2, 0.25) is 0 Å². The monoisotopic (exact) mass is 395 g/mol. The highest BCUT2D eigenvalue weighted by atomic mass is 16.5. The van der Waals surface area contributed by atoms with Crippen LogP contribution in [0, 0.1) is 11.3 Å². The molecule has 4 rings (SSSR count). The average Bonchev–Trinajstić information content (AvgIpc) is 3.26. The van der Waals surface area contributed by atoms with Gasteiger partial charge in [-0.05, 0) is 31.5 Å². The van der Waals surface area contributed by atoms with Crippen LogP contribution in [0.1, 0.15) is 53.7 Å². The number of rotatable bonds is 3. The third-order valence-electron chi connectivity index (χ3n) is 5.83. The van der Waals surface area contributed by atoms with Crippen LogP contribution in [0.4, 0.5) is 5.82 Å². The largest absolute Gasteiger partial charge is 0.459 e. The molecular formula is C22H27N4O3+. The molecule has 1 amide bonds. The van der Waals surface area contributed by atoms with Gasteiger partial charge in [-0.3, -0.25) is 9.69 Å². The number of hydrogen-bond acceptors (Lipinski definition) is 5. The summed E-state index contributed by atoms with van der Waals surface area (Å²) < 4.78 is 11.2. The third kappa shape index (κ3) is 3.60. The Kier molecular flexibility index (Phi) is 5.05. The van der Waals surface area contributed by atoms with Crippen molar-refractivity contribution in [1.29, 1.82) is 5.26 Å². The zero-order chi connectivity index (χ0) is 20.6. The van der Waals surface area contributed by atoms with E-state index in [-0.39, 0.29) is 11.5 Å². The van der Waals surface area contributed by atoms with Gasteiger partial charge in [0, 0.05) is 18.4 Å². The molecule has 1 saturated heterocycles. The number of carbonyl (C=O) groups excluding carboxylic acids is 1. The number of nitrogens with zero attached hydrogens (tertiary/aromatic N) is 3. The number of aryl methyl sites for hydroxylation is 1. The summed E-state index contributed by atoms with van der Waals surface area (Å²) in [5, 5.41) is 9.99. The van der Waals surface area contributed by atoms with E-state index in [1.54, 1.807) is 17.0 Å². The van der Waals surface area contributed by atoms with Crippen LogP contribution >= 0.6 is 0 Å². The van der Waals surface area contributed by atoms with Crippen LogP contribution in [0.5, 0.6) is 0 Å². The lowest BCUT2D eigenvalue weighted by Crippen LogP contribution is -2.51. The molecule has 2 aromatic rings. The minimum absolute atomic E-state index is 0.0854. The van der Waals surface area contributed by atoms with Crippen LogP contribution in [0.25, 0.3) is 0 Å². The molecule has 0 atom stereocenters. The number of ether oxygens (including phenoxy) is 1. The van der Waals surface area contributed by atoms with Gasteiger partial charge in [0.15, 0.2) is 5.76 Å². The molecular weight excluding hydrogens is 368 g/mol. The second kappa shape index (κ2) is 7.53. The summed E-state index contributed by atoms with van der Waals surface area (Å²) in [6.07, 6.45) is 3.08. The zero-order valence-electron chi connectivity index (χ0n) is 17.2. The highest BCUT2D eigenvalue weighted by Gasteiger charge is 2.36. The van der Waals surface area contributed by atoms with E-state index in [2.05, 4.69) is 36.7 Å². The predicted molar refractivity (Wildman–Crippen MR) is 106 cm³/mol. The molecule has 7 heteroatoms. The Labute approximate surface area is 170 Å². The van der Waals surface area contributed by atoms with E-state index in [0.29, 0.717) is 44.1 Å². The first-order valence-electron chi connectivity index (χ1n) is 10.1. The Bertz CT molecular complexity index is 951. The SMILES string of the molecule is CCc1[nH+]c(N2CCN(C(=O)c3ccco3)CC2)c(C#N)c2c1COC(C)(C)C2. The second-order valence-corrected chi connectivity index (χ2v) is 8.23. The van der Waals surface area contributed by atoms with Crippen LogP contribution in [0.2, 0.25) is 0 Å². The molecule has 0 spiro atoms. The fraction of sp³-hybridized carbons (Fsp3) is 0.500. The van der Waals surface area contributed by atoms with Crippen LogP contribution in [-0.2, 0) is 24.2 Å². The van der Waals surface area contributed by atoms with Crippen molar-refractivity contribution in [3.63, 3.8) is 0 Å². The van der Waals surface area contributed by atoms with Gasteiger partial charge in [-0.15, -0.1) is 0 Å². The molecule has 0 unspecified atom stereocenters. The van der Waals surface area contributed by atoms with Crippen LogP contribution in [0.3, 0.4) is 0 Å². The van der Waals surface area contributed by atoms with E-state index >= 15 is 0 Å². The first-order chi connectivity index (χ1) is 13.9. The number of piperazine rings is 1. The molecule has 29 heavy (non-hydrogen) atoms. The zero-order valence-corrected chi connectivity index (χ0v) is 17.2. The number of H-pyrrole nitrogens is 1. The molecule has 0 radical (unpaired) electrons. The number of pyridine rings is 1. The number of furan rings is 1. The number of anilines is 1. The molecule has 0 bridgehead atoms. The number of carbonyl (C=O) groups is 1. The van der Waals surface area contributed by atoms with Crippen LogP contribution in [0.15, 0.2) is 22.8 Å². The molecule has 2 aliphatic heterocycles. The summed E-state index contributed by atoms with van der Waals surface area (Å²) in [5.41, 5.74) is 3.77. The number of nitrogens with one attached hydrogen (secondary N) is 1. The first kappa shape index (κ1) is 19.5. The van der Waals surface area contributed by atoms with Crippen molar-refractivity contribution in [3.8, 4) is 6.07 Å². The highest BCUT2D eigenvalue weighted by molar-refractivity contribution is 5.91. The van der Waals surface area contributed by atoms with Gasteiger partial charge in [-0.1, -0.05) is 6.92 Å². The van der Waals surface area contributed by atoms with Gasteiger partial charge >= 0.3 is 0 Å². The lowest BCUT2D eigenvalue weighted by atomic mass is 9.87. The van der Waals surface area contributed by atoms with Crippen molar-refractivity contribution >= 4 is 11.7 Å². The summed E-state index contributed by atoms with van der Waals surface area (Å²) >= 11 is 0. The van der Waals surface area contributed by atoms with Gasteiger partial charge in [0.1, 0.15) is 30.4 Å². The maximum Gasteiger partial charge on any atom is 0.293 e. The third-order valence-corrected chi connectivity index (χ3v) is 5.83. The molecule has 0 aliphatic carbocycles. The Morgan fingerprint density at radius 1 is 1.28 bits per heavy atom. The van der Waals surface area contributed by atoms with E-state index in [4.69, 9.17) is 9.15 Å². The van der Waals surface area contributed by atoms with Crippen molar-refractivity contribution < 1.29 is 18.9 Å².